The average Bonchev–Trinajstić information content (AvgIpc) is 2.11. The zero-order valence-corrected chi connectivity index (χ0v) is 8.89. The number of ether oxygens (including phenoxy) is 1. The highest BCUT2D eigenvalue weighted by Crippen LogP contribution is 1.94. The summed E-state index contributed by atoms with van der Waals surface area (Å²) < 4.78 is 4.55. The standard InChI is InChI=1S/C8H17NO3.ClH/c1-3-5-9-7(4-6-10)8(11)12-2;/h7,9-10H,3-6H2,1-2H3;1H. The molecular weight excluding hydrogens is 194 g/mol. The number of aliphatic hydroxyl groups is 1. The maximum absolute atomic E-state index is 11.0. The molecular formula is C8H18ClNO3. The molecule has 0 aliphatic heterocycles. The van der Waals surface area contributed by atoms with Crippen molar-refractivity contribution < 1.29 is 14.6 Å². The lowest BCUT2D eigenvalue weighted by Gasteiger charge is -2.14. The lowest BCUT2D eigenvalue weighted by atomic mass is 10.2. The van der Waals surface area contributed by atoms with Crippen LogP contribution < -0.4 is 5.32 Å². The first kappa shape index (κ1) is 15.2. The van der Waals surface area contributed by atoms with Gasteiger partial charge in [-0.05, 0) is 19.4 Å². The molecule has 2 N–H and O–H groups in total. The van der Waals surface area contributed by atoms with Crippen molar-refractivity contribution in [2.45, 2.75) is 25.8 Å². The first-order valence-electron chi connectivity index (χ1n) is 4.18. The van der Waals surface area contributed by atoms with Crippen LogP contribution in [0.3, 0.4) is 0 Å². The highest BCUT2D eigenvalue weighted by atomic mass is 35.5. The minimum absolute atomic E-state index is 0. The molecule has 0 aliphatic rings. The summed E-state index contributed by atoms with van der Waals surface area (Å²) in [5.41, 5.74) is 0. The first-order chi connectivity index (χ1) is 5.76. The van der Waals surface area contributed by atoms with Gasteiger partial charge in [-0.15, -0.1) is 12.4 Å². The second kappa shape index (κ2) is 9.77. The molecule has 5 heteroatoms. The molecule has 0 aromatic carbocycles. The highest BCUT2D eigenvalue weighted by molar-refractivity contribution is 5.85. The molecule has 0 spiro atoms. The molecule has 80 valence electrons. The van der Waals surface area contributed by atoms with Crippen molar-refractivity contribution in [3.63, 3.8) is 0 Å². The van der Waals surface area contributed by atoms with Gasteiger partial charge in [-0.3, -0.25) is 4.79 Å². The number of methoxy groups -OCH3 is 1. The van der Waals surface area contributed by atoms with E-state index in [0.29, 0.717) is 6.42 Å². The molecule has 0 amide bonds. The third-order valence-corrected chi connectivity index (χ3v) is 1.54. The number of hydrogen-bond acceptors (Lipinski definition) is 4. The quantitative estimate of drug-likeness (QED) is 0.622. The molecule has 0 aromatic heterocycles. The Hall–Kier alpha value is -0.320. The van der Waals surface area contributed by atoms with E-state index in [9.17, 15) is 4.79 Å². The molecule has 0 rings (SSSR count). The van der Waals surface area contributed by atoms with Crippen LogP contribution in [0.2, 0.25) is 0 Å². The van der Waals surface area contributed by atoms with E-state index in [2.05, 4.69) is 10.1 Å². The van der Waals surface area contributed by atoms with Gasteiger partial charge in [-0.2, -0.15) is 0 Å². The topological polar surface area (TPSA) is 58.6 Å². The summed E-state index contributed by atoms with van der Waals surface area (Å²) in [5.74, 6) is -0.308. The monoisotopic (exact) mass is 211 g/mol. The Kier molecular flexibility index (Phi) is 11.4. The van der Waals surface area contributed by atoms with Crippen molar-refractivity contribution in [1.82, 2.24) is 5.32 Å². The summed E-state index contributed by atoms with van der Waals surface area (Å²) in [6.07, 6.45) is 1.37. The zero-order chi connectivity index (χ0) is 9.40. The largest absolute Gasteiger partial charge is 0.468 e. The van der Waals surface area contributed by atoms with Gasteiger partial charge in [-0.25, -0.2) is 0 Å². The molecule has 0 heterocycles. The number of hydrogen-bond donors (Lipinski definition) is 2. The van der Waals surface area contributed by atoms with E-state index >= 15 is 0 Å². The molecule has 0 saturated heterocycles. The van der Waals surface area contributed by atoms with E-state index in [4.69, 9.17) is 5.11 Å². The van der Waals surface area contributed by atoms with E-state index < -0.39 is 0 Å². The van der Waals surface area contributed by atoms with E-state index in [1.807, 2.05) is 6.92 Å². The predicted octanol–water partition coefficient (Wildman–Crippen LogP) is 0.332. The van der Waals surface area contributed by atoms with E-state index in [1.165, 1.54) is 7.11 Å². The Bertz CT molecular complexity index is 133. The van der Waals surface area contributed by atoms with Gasteiger partial charge in [0.05, 0.1) is 7.11 Å². The van der Waals surface area contributed by atoms with Crippen LogP contribution in [0, 0.1) is 0 Å². The summed E-state index contributed by atoms with van der Waals surface area (Å²) in [5, 5.41) is 11.6. The fourth-order valence-electron chi connectivity index (χ4n) is 0.893. The van der Waals surface area contributed by atoms with Gasteiger partial charge in [0.15, 0.2) is 0 Å². The van der Waals surface area contributed by atoms with Crippen molar-refractivity contribution in [1.29, 1.82) is 0 Å². The van der Waals surface area contributed by atoms with E-state index in [1.54, 1.807) is 0 Å². The van der Waals surface area contributed by atoms with Gasteiger partial charge >= 0.3 is 5.97 Å². The Labute approximate surface area is 85.1 Å². The van der Waals surface area contributed by atoms with Crippen LogP contribution >= 0.6 is 12.4 Å². The van der Waals surface area contributed by atoms with Gasteiger partial charge in [0, 0.05) is 6.61 Å². The normalized spacial score (nSPS) is 11.6. The summed E-state index contributed by atoms with van der Waals surface area (Å²) >= 11 is 0. The Morgan fingerprint density at radius 3 is 2.62 bits per heavy atom. The Morgan fingerprint density at radius 1 is 1.62 bits per heavy atom. The molecule has 0 bridgehead atoms. The van der Waals surface area contributed by atoms with Crippen LogP contribution in [0.25, 0.3) is 0 Å². The number of rotatable bonds is 6. The van der Waals surface area contributed by atoms with Crippen LogP contribution in [0.1, 0.15) is 19.8 Å². The molecule has 0 aliphatic carbocycles. The maximum Gasteiger partial charge on any atom is 0.322 e. The smallest absolute Gasteiger partial charge is 0.322 e. The summed E-state index contributed by atoms with van der Waals surface area (Å²) in [6, 6.07) is -0.361. The van der Waals surface area contributed by atoms with Crippen LogP contribution in [0.15, 0.2) is 0 Å². The lowest BCUT2D eigenvalue weighted by molar-refractivity contribution is -0.143. The Balaban J connectivity index is 0. The minimum atomic E-state index is -0.361. The second-order valence-electron chi connectivity index (χ2n) is 2.54. The van der Waals surface area contributed by atoms with Crippen LogP contribution in [0.5, 0.6) is 0 Å². The van der Waals surface area contributed by atoms with Crippen molar-refractivity contribution in [2.75, 3.05) is 20.3 Å². The highest BCUT2D eigenvalue weighted by Gasteiger charge is 2.16. The van der Waals surface area contributed by atoms with Crippen molar-refractivity contribution in [3.8, 4) is 0 Å². The average molecular weight is 212 g/mol. The molecule has 0 saturated carbocycles. The number of esters is 1. The molecule has 0 fully saturated rings. The lowest BCUT2D eigenvalue weighted by Crippen LogP contribution is -2.38. The van der Waals surface area contributed by atoms with Crippen LogP contribution in [-0.2, 0) is 9.53 Å². The third kappa shape index (κ3) is 6.81. The molecule has 1 atom stereocenters. The molecule has 13 heavy (non-hydrogen) atoms. The summed E-state index contributed by atoms with van der Waals surface area (Å²) in [7, 11) is 1.35. The van der Waals surface area contributed by atoms with Crippen molar-refractivity contribution >= 4 is 18.4 Å². The SMILES string of the molecule is CCCNC(CCO)C(=O)OC.Cl. The predicted molar refractivity (Wildman–Crippen MR) is 53.0 cm³/mol. The number of carbonyl (C=O) groups excluding carboxylic acids is 1. The number of halogens is 1. The Morgan fingerprint density at radius 2 is 2.23 bits per heavy atom. The molecule has 1 unspecified atom stereocenters. The van der Waals surface area contributed by atoms with Gasteiger partial charge in [0.1, 0.15) is 6.04 Å². The zero-order valence-electron chi connectivity index (χ0n) is 8.08. The van der Waals surface area contributed by atoms with Crippen LogP contribution in [0.4, 0.5) is 0 Å². The van der Waals surface area contributed by atoms with Gasteiger partial charge in [-0.1, -0.05) is 6.92 Å². The second-order valence-corrected chi connectivity index (χ2v) is 2.54. The van der Waals surface area contributed by atoms with Crippen molar-refractivity contribution in [3.05, 3.63) is 0 Å². The minimum Gasteiger partial charge on any atom is -0.468 e. The van der Waals surface area contributed by atoms with E-state index in [-0.39, 0.29) is 31.0 Å². The van der Waals surface area contributed by atoms with Gasteiger partial charge in [0.25, 0.3) is 0 Å². The maximum atomic E-state index is 11.0. The number of nitrogens with one attached hydrogen (secondary N) is 1. The number of aliphatic hydroxyl groups excluding tert-OH is 1. The van der Waals surface area contributed by atoms with E-state index in [0.717, 1.165) is 13.0 Å². The van der Waals surface area contributed by atoms with Gasteiger partial charge < -0.3 is 15.2 Å². The van der Waals surface area contributed by atoms with Crippen molar-refractivity contribution in [2.24, 2.45) is 0 Å². The fourth-order valence-corrected chi connectivity index (χ4v) is 0.893. The summed E-state index contributed by atoms with van der Waals surface area (Å²) in [6.45, 7) is 2.77. The molecule has 0 aromatic rings. The molecule has 0 radical (unpaired) electrons. The molecule has 4 nitrogen and oxygen atoms in total. The first-order valence-corrected chi connectivity index (χ1v) is 4.18. The summed E-state index contributed by atoms with van der Waals surface area (Å²) in [4.78, 5) is 11.0. The number of carbonyl (C=O) groups is 1. The van der Waals surface area contributed by atoms with Crippen LogP contribution in [-0.4, -0.2) is 37.4 Å². The third-order valence-electron chi connectivity index (χ3n) is 1.54. The van der Waals surface area contributed by atoms with Gasteiger partial charge in [0.2, 0.25) is 0 Å². The fraction of sp³-hybridized carbons (Fsp3) is 0.875.